The van der Waals surface area contributed by atoms with Crippen LogP contribution >= 0.6 is 11.6 Å². The van der Waals surface area contributed by atoms with Gasteiger partial charge in [0, 0.05) is 11.1 Å². The van der Waals surface area contributed by atoms with Gasteiger partial charge in [-0.2, -0.15) is 0 Å². The Kier molecular flexibility index (Phi) is 6.89. The summed E-state index contributed by atoms with van der Waals surface area (Å²) in [6, 6.07) is 12.9. The Bertz CT molecular complexity index is 899. The van der Waals surface area contributed by atoms with E-state index < -0.39 is 10.0 Å². The van der Waals surface area contributed by atoms with E-state index in [0.717, 1.165) is 4.31 Å². The maximum atomic E-state index is 13.2. The highest BCUT2D eigenvalue weighted by molar-refractivity contribution is 7.92. The summed E-state index contributed by atoms with van der Waals surface area (Å²) >= 11 is 6.02. The van der Waals surface area contributed by atoms with Gasteiger partial charge in [-0.25, -0.2) is 8.42 Å². The summed E-state index contributed by atoms with van der Waals surface area (Å²) in [5, 5.41) is 3.37. The van der Waals surface area contributed by atoms with Crippen LogP contribution < -0.4 is 9.62 Å². The predicted octanol–water partition coefficient (Wildman–Crippen LogP) is 4.00. The Labute approximate surface area is 166 Å². The molecule has 0 radical (unpaired) electrons. The van der Waals surface area contributed by atoms with Crippen molar-refractivity contribution < 1.29 is 13.2 Å². The number of rotatable bonds is 7. The summed E-state index contributed by atoms with van der Waals surface area (Å²) in [5.74, 6) is -0.115. The molecule has 1 N–H and O–H groups in total. The molecule has 0 saturated heterocycles. The Morgan fingerprint density at radius 1 is 1.11 bits per heavy atom. The van der Waals surface area contributed by atoms with Crippen LogP contribution in [0.5, 0.6) is 0 Å². The summed E-state index contributed by atoms with van der Waals surface area (Å²) in [4.78, 5) is 12.7. The quantitative estimate of drug-likeness (QED) is 0.752. The van der Waals surface area contributed by atoms with E-state index in [-0.39, 0.29) is 29.3 Å². The molecule has 2 rings (SSSR count). The lowest BCUT2D eigenvalue weighted by atomic mass is 10.1. The molecule has 0 fully saturated rings. The number of nitrogens with zero attached hydrogens (tertiary/aromatic N) is 1. The fourth-order valence-electron chi connectivity index (χ4n) is 2.51. The number of anilines is 1. The van der Waals surface area contributed by atoms with Gasteiger partial charge >= 0.3 is 0 Å². The second kappa shape index (κ2) is 8.76. The molecule has 2 aromatic carbocycles. The zero-order chi connectivity index (χ0) is 20.2. The van der Waals surface area contributed by atoms with Crippen molar-refractivity contribution in [3.63, 3.8) is 0 Å². The summed E-state index contributed by atoms with van der Waals surface area (Å²) in [6.07, 6.45) is 0. The van der Waals surface area contributed by atoms with E-state index in [9.17, 15) is 13.2 Å². The van der Waals surface area contributed by atoms with Crippen LogP contribution in [0.3, 0.4) is 0 Å². The average Bonchev–Trinajstić information content (AvgIpc) is 2.60. The van der Waals surface area contributed by atoms with Crippen molar-refractivity contribution in [1.29, 1.82) is 0 Å². The zero-order valence-electron chi connectivity index (χ0n) is 15.9. The fraction of sp³-hybridized carbons (Fsp3) is 0.350. The topological polar surface area (TPSA) is 66.5 Å². The van der Waals surface area contributed by atoms with Crippen LogP contribution in [0.15, 0.2) is 53.4 Å². The van der Waals surface area contributed by atoms with Gasteiger partial charge in [0.05, 0.1) is 10.6 Å². The molecular formula is C20H25ClN2O3S. The van der Waals surface area contributed by atoms with Gasteiger partial charge in [-0.05, 0) is 55.7 Å². The first-order chi connectivity index (χ1) is 12.6. The lowest BCUT2D eigenvalue weighted by molar-refractivity contribution is -0.120. The van der Waals surface area contributed by atoms with Crippen LogP contribution in [0.25, 0.3) is 0 Å². The van der Waals surface area contributed by atoms with Crippen molar-refractivity contribution in [2.45, 2.75) is 38.6 Å². The van der Waals surface area contributed by atoms with Crippen LogP contribution in [0.2, 0.25) is 5.02 Å². The van der Waals surface area contributed by atoms with Gasteiger partial charge in [0.25, 0.3) is 10.0 Å². The lowest BCUT2D eigenvalue weighted by Gasteiger charge is -2.27. The molecular weight excluding hydrogens is 384 g/mol. The molecule has 0 spiro atoms. The van der Waals surface area contributed by atoms with Crippen molar-refractivity contribution in [3.8, 4) is 0 Å². The molecule has 0 saturated carbocycles. The minimum absolute atomic E-state index is 0.0647. The van der Waals surface area contributed by atoms with Crippen LogP contribution in [0, 0.1) is 12.8 Å². The molecule has 1 amide bonds. The van der Waals surface area contributed by atoms with Crippen molar-refractivity contribution in [1.82, 2.24) is 5.32 Å². The number of sulfonamides is 1. The molecule has 27 heavy (non-hydrogen) atoms. The molecule has 0 aliphatic heterocycles. The number of hydrogen-bond donors (Lipinski definition) is 1. The monoisotopic (exact) mass is 408 g/mol. The van der Waals surface area contributed by atoms with Crippen molar-refractivity contribution in [3.05, 3.63) is 59.1 Å². The third kappa shape index (κ3) is 5.23. The SMILES string of the molecule is Cc1cc(Cl)ccc1N(CC(=O)N[C@@H](C)C(C)C)S(=O)(=O)c1ccccc1. The molecule has 2 aromatic rings. The van der Waals surface area contributed by atoms with E-state index >= 15 is 0 Å². The van der Waals surface area contributed by atoms with E-state index in [0.29, 0.717) is 16.3 Å². The van der Waals surface area contributed by atoms with Gasteiger partial charge in [-0.3, -0.25) is 9.10 Å². The molecule has 0 unspecified atom stereocenters. The number of carbonyl (C=O) groups is 1. The first-order valence-corrected chi connectivity index (χ1v) is 10.6. The van der Waals surface area contributed by atoms with Gasteiger partial charge in [0.15, 0.2) is 0 Å². The number of halogens is 1. The third-order valence-electron chi connectivity index (χ3n) is 4.43. The number of carbonyl (C=O) groups excluding carboxylic acids is 1. The van der Waals surface area contributed by atoms with Crippen LogP contribution in [-0.4, -0.2) is 26.9 Å². The molecule has 0 aliphatic carbocycles. The predicted molar refractivity (Wildman–Crippen MR) is 110 cm³/mol. The van der Waals surface area contributed by atoms with Gasteiger partial charge in [0.1, 0.15) is 6.54 Å². The molecule has 7 heteroatoms. The molecule has 5 nitrogen and oxygen atoms in total. The van der Waals surface area contributed by atoms with Gasteiger partial charge in [0.2, 0.25) is 5.91 Å². The Hall–Kier alpha value is -2.05. The van der Waals surface area contributed by atoms with E-state index in [1.165, 1.54) is 12.1 Å². The number of aryl methyl sites for hydroxylation is 1. The number of benzene rings is 2. The summed E-state index contributed by atoms with van der Waals surface area (Å²) in [6.45, 7) is 7.34. The third-order valence-corrected chi connectivity index (χ3v) is 6.44. The minimum Gasteiger partial charge on any atom is -0.352 e. The highest BCUT2D eigenvalue weighted by Crippen LogP contribution is 2.28. The van der Waals surface area contributed by atoms with E-state index in [1.807, 2.05) is 20.8 Å². The molecule has 146 valence electrons. The molecule has 0 aliphatic rings. The lowest BCUT2D eigenvalue weighted by Crippen LogP contribution is -2.45. The molecule has 1 atom stereocenters. The molecule has 0 bridgehead atoms. The standard InChI is InChI=1S/C20H25ClN2O3S/c1-14(2)16(4)22-20(24)13-23(19-11-10-17(21)12-15(19)3)27(25,26)18-8-6-5-7-9-18/h5-12,14,16H,13H2,1-4H3,(H,22,24)/t16-/m0/s1. The minimum atomic E-state index is -3.91. The van der Waals surface area contributed by atoms with Crippen LogP contribution in [0.4, 0.5) is 5.69 Å². The number of amides is 1. The fourth-order valence-corrected chi connectivity index (χ4v) is 4.25. The second-order valence-corrected chi connectivity index (χ2v) is 9.15. The van der Waals surface area contributed by atoms with Gasteiger partial charge < -0.3 is 5.32 Å². The largest absolute Gasteiger partial charge is 0.352 e. The Morgan fingerprint density at radius 2 is 1.74 bits per heavy atom. The number of nitrogens with one attached hydrogen (secondary N) is 1. The summed E-state index contributed by atoms with van der Waals surface area (Å²) < 4.78 is 27.6. The van der Waals surface area contributed by atoms with Crippen LogP contribution in [0.1, 0.15) is 26.3 Å². The van der Waals surface area contributed by atoms with Gasteiger partial charge in [-0.15, -0.1) is 0 Å². The first kappa shape index (κ1) is 21.3. The normalized spacial score (nSPS) is 12.7. The van der Waals surface area contributed by atoms with E-state index in [4.69, 9.17) is 11.6 Å². The highest BCUT2D eigenvalue weighted by atomic mass is 35.5. The van der Waals surface area contributed by atoms with Crippen LogP contribution in [-0.2, 0) is 14.8 Å². The average molecular weight is 409 g/mol. The Balaban J connectivity index is 2.45. The number of hydrogen-bond acceptors (Lipinski definition) is 3. The summed E-state index contributed by atoms with van der Waals surface area (Å²) in [7, 11) is -3.91. The smallest absolute Gasteiger partial charge is 0.264 e. The Morgan fingerprint density at radius 3 is 2.30 bits per heavy atom. The molecule has 0 aromatic heterocycles. The first-order valence-electron chi connectivity index (χ1n) is 8.76. The maximum Gasteiger partial charge on any atom is 0.264 e. The maximum absolute atomic E-state index is 13.2. The highest BCUT2D eigenvalue weighted by Gasteiger charge is 2.28. The second-order valence-electron chi connectivity index (χ2n) is 6.86. The van der Waals surface area contributed by atoms with E-state index in [2.05, 4.69) is 5.32 Å². The molecule has 0 heterocycles. The van der Waals surface area contributed by atoms with Crippen molar-refractivity contribution in [2.75, 3.05) is 10.8 Å². The van der Waals surface area contributed by atoms with E-state index in [1.54, 1.807) is 43.3 Å². The van der Waals surface area contributed by atoms with Gasteiger partial charge in [-0.1, -0.05) is 43.6 Å². The summed E-state index contributed by atoms with van der Waals surface area (Å²) in [5.41, 5.74) is 1.10. The zero-order valence-corrected chi connectivity index (χ0v) is 17.5. The van der Waals surface area contributed by atoms with Crippen molar-refractivity contribution in [2.24, 2.45) is 5.92 Å². The van der Waals surface area contributed by atoms with Crippen molar-refractivity contribution >= 4 is 33.2 Å².